The van der Waals surface area contributed by atoms with Gasteiger partial charge in [0.25, 0.3) is 10.0 Å². The van der Waals surface area contributed by atoms with Crippen LogP contribution in [0.5, 0.6) is 0 Å². The van der Waals surface area contributed by atoms with E-state index in [-0.39, 0.29) is 24.3 Å². The molecular weight excluding hydrogens is 368 g/mol. The molecule has 0 N–H and O–H groups in total. The van der Waals surface area contributed by atoms with E-state index in [1.807, 2.05) is 0 Å². The van der Waals surface area contributed by atoms with E-state index < -0.39 is 26.6 Å². The van der Waals surface area contributed by atoms with Gasteiger partial charge in [0.15, 0.2) is 16.6 Å². The Labute approximate surface area is 157 Å². The summed E-state index contributed by atoms with van der Waals surface area (Å²) in [6.45, 7) is 11.3. The number of rotatable bonds is 13. The lowest BCUT2D eigenvalue weighted by molar-refractivity contribution is -0.153. The van der Waals surface area contributed by atoms with Gasteiger partial charge in [0.2, 0.25) is 0 Å². The lowest BCUT2D eigenvalue weighted by atomic mass is 10.0. The minimum atomic E-state index is -1.74. The molecule has 1 heterocycles. The highest BCUT2D eigenvalue weighted by Gasteiger charge is 2.33. The Morgan fingerprint density at radius 1 is 1.00 bits per heavy atom. The predicted molar refractivity (Wildman–Crippen MR) is 108 cm³/mol. The maximum atomic E-state index is 11.5. The molecule has 0 amide bonds. The third-order valence-corrected chi connectivity index (χ3v) is 15.1. The lowest BCUT2D eigenvalue weighted by Crippen LogP contribution is -2.38. The Balaban J connectivity index is 2.19. The summed E-state index contributed by atoms with van der Waals surface area (Å²) in [6.07, 6.45) is 7.07. The van der Waals surface area contributed by atoms with Gasteiger partial charge in [0.1, 0.15) is 0 Å². The minimum Gasteiger partial charge on any atom is -0.441 e. The van der Waals surface area contributed by atoms with Crippen LogP contribution in [0.4, 0.5) is 0 Å². The van der Waals surface area contributed by atoms with Crippen molar-refractivity contribution in [2.45, 2.75) is 90.1 Å². The van der Waals surface area contributed by atoms with Gasteiger partial charge in [0.05, 0.1) is 12.3 Å². The molecule has 1 aliphatic heterocycles. The highest BCUT2D eigenvalue weighted by Crippen LogP contribution is 2.25. The molecule has 1 unspecified atom stereocenters. The first-order valence-electron chi connectivity index (χ1n) is 9.68. The smallest absolute Gasteiger partial charge is 0.317 e. The zero-order chi connectivity index (χ0) is 18.9. The molecule has 0 aliphatic carbocycles. The first kappa shape index (κ1) is 22.8. The van der Waals surface area contributed by atoms with Crippen molar-refractivity contribution in [3.8, 4) is 0 Å². The molecule has 1 atom stereocenters. The van der Waals surface area contributed by atoms with Crippen molar-refractivity contribution < 1.29 is 22.6 Å². The molecule has 0 aromatic rings. The van der Waals surface area contributed by atoms with E-state index in [4.69, 9.17) is 8.23 Å². The highest BCUT2D eigenvalue weighted by molar-refractivity contribution is 6.78. The molecule has 1 fully saturated rings. The number of hydrogen-bond donors (Lipinski definition) is 0. The Hall–Kier alpha value is -0.289. The maximum Gasteiger partial charge on any atom is 0.317 e. The standard InChI is InChI=1S/C17H36O5Si3/c1-6-7-8-9-12-24(2,3)21-23-22-25(4,5)13-10-11-15-14-16(18)20-17(15)19/h15H,6-14,23H2,1-5H3. The second-order valence-corrected chi connectivity index (χ2v) is 18.9. The summed E-state index contributed by atoms with van der Waals surface area (Å²) in [5.41, 5.74) is 0. The number of unbranched alkanes of at least 4 members (excludes halogenated alkanes) is 3. The van der Waals surface area contributed by atoms with Crippen LogP contribution in [0.3, 0.4) is 0 Å². The zero-order valence-corrected chi connectivity index (χ0v) is 20.1. The average Bonchev–Trinajstić information content (AvgIpc) is 2.81. The van der Waals surface area contributed by atoms with Crippen LogP contribution in [0.25, 0.3) is 0 Å². The van der Waals surface area contributed by atoms with E-state index in [1.165, 1.54) is 31.7 Å². The normalized spacial score (nSPS) is 19.2. The topological polar surface area (TPSA) is 61.8 Å². The van der Waals surface area contributed by atoms with Crippen molar-refractivity contribution >= 4 is 38.6 Å². The number of carbonyl (C=O) groups is 2. The van der Waals surface area contributed by atoms with Gasteiger partial charge in [-0.1, -0.05) is 39.0 Å². The average molecular weight is 405 g/mol. The molecule has 0 aromatic heterocycles. The summed E-state index contributed by atoms with van der Waals surface area (Å²) in [5.74, 6) is -0.964. The fourth-order valence-corrected chi connectivity index (χ4v) is 9.62. The Bertz CT molecular complexity index is 440. The van der Waals surface area contributed by atoms with Crippen molar-refractivity contribution in [1.82, 2.24) is 0 Å². The molecule has 0 aromatic carbocycles. The summed E-state index contributed by atoms with van der Waals surface area (Å²) in [7, 11) is -4.22. The molecule has 1 aliphatic rings. The second-order valence-electron chi connectivity index (χ2n) is 8.32. The molecule has 0 spiro atoms. The lowest BCUT2D eigenvalue weighted by Gasteiger charge is -2.28. The summed E-state index contributed by atoms with van der Waals surface area (Å²) < 4.78 is 17.0. The van der Waals surface area contributed by atoms with Gasteiger partial charge in [-0.05, 0) is 44.7 Å². The van der Waals surface area contributed by atoms with Crippen LogP contribution in [-0.4, -0.2) is 38.6 Å². The summed E-state index contributed by atoms with van der Waals surface area (Å²) >= 11 is 0. The second kappa shape index (κ2) is 10.8. The zero-order valence-electron chi connectivity index (χ0n) is 16.7. The fraction of sp³-hybridized carbons (Fsp3) is 0.882. The SMILES string of the molecule is CCCCCC[Si](C)(C)O[SiH2]O[Si](C)(C)CCCC1CC(=O)OC1=O. The van der Waals surface area contributed by atoms with E-state index in [9.17, 15) is 9.59 Å². The predicted octanol–water partition coefficient (Wildman–Crippen LogP) is 3.88. The highest BCUT2D eigenvalue weighted by atomic mass is 28.4. The van der Waals surface area contributed by atoms with Crippen molar-refractivity contribution in [1.29, 1.82) is 0 Å². The minimum absolute atomic E-state index is 0.236. The van der Waals surface area contributed by atoms with E-state index in [0.717, 1.165) is 18.9 Å². The van der Waals surface area contributed by atoms with Crippen LogP contribution >= 0.6 is 0 Å². The van der Waals surface area contributed by atoms with Gasteiger partial charge in [-0.2, -0.15) is 0 Å². The van der Waals surface area contributed by atoms with E-state index in [1.54, 1.807) is 0 Å². The molecule has 5 nitrogen and oxygen atoms in total. The van der Waals surface area contributed by atoms with Crippen LogP contribution < -0.4 is 0 Å². The Morgan fingerprint density at radius 2 is 1.60 bits per heavy atom. The van der Waals surface area contributed by atoms with Crippen molar-refractivity contribution in [2.24, 2.45) is 5.92 Å². The van der Waals surface area contributed by atoms with Crippen LogP contribution in [-0.2, 0) is 22.6 Å². The first-order chi connectivity index (χ1) is 11.7. The first-order valence-corrected chi connectivity index (χ1v) is 17.1. The van der Waals surface area contributed by atoms with Crippen LogP contribution in [0.1, 0.15) is 51.9 Å². The maximum absolute atomic E-state index is 11.5. The van der Waals surface area contributed by atoms with E-state index in [0.29, 0.717) is 0 Å². The van der Waals surface area contributed by atoms with E-state index >= 15 is 0 Å². The molecule has 0 radical (unpaired) electrons. The van der Waals surface area contributed by atoms with E-state index in [2.05, 4.69) is 37.8 Å². The largest absolute Gasteiger partial charge is 0.441 e. The number of hydrogen-bond acceptors (Lipinski definition) is 5. The van der Waals surface area contributed by atoms with Gasteiger partial charge in [-0.3, -0.25) is 9.59 Å². The van der Waals surface area contributed by atoms with Crippen molar-refractivity contribution in [3.63, 3.8) is 0 Å². The van der Waals surface area contributed by atoms with Crippen molar-refractivity contribution in [2.75, 3.05) is 0 Å². The summed E-state index contributed by atoms with van der Waals surface area (Å²) in [6, 6.07) is 2.23. The third-order valence-electron chi connectivity index (χ3n) is 4.82. The van der Waals surface area contributed by atoms with Gasteiger partial charge >= 0.3 is 11.9 Å². The summed E-state index contributed by atoms with van der Waals surface area (Å²) in [4.78, 5) is 22.6. The molecule has 8 heteroatoms. The van der Waals surface area contributed by atoms with Gasteiger partial charge in [0, 0.05) is 0 Å². The summed E-state index contributed by atoms with van der Waals surface area (Å²) in [5, 5.41) is 0. The quantitative estimate of drug-likeness (QED) is 0.202. The molecule has 0 saturated carbocycles. The monoisotopic (exact) mass is 404 g/mol. The Kier molecular flexibility index (Phi) is 9.79. The van der Waals surface area contributed by atoms with Gasteiger partial charge in [-0.15, -0.1) is 0 Å². The third kappa shape index (κ3) is 9.83. The molecule has 0 bridgehead atoms. The number of carbonyl (C=O) groups excluding carboxylic acids is 2. The molecule has 1 rings (SSSR count). The van der Waals surface area contributed by atoms with Gasteiger partial charge < -0.3 is 13.0 Å². The molecule has 146 valence electrons. The Morgan fingerprint density at radius 3 is 2.12 bits per heavy atom. The fourth-order valence-electron chi connectivity index (χ4n) is 2.99. The van der Waals surface area contributed by atoms with Crippen LogP contribution in [0.2, 0.25) is 38.3 Å². The molecular formula is C17H36O5Si3. The van der Waals surface area contributed by atoms with Crippen LogP contribution in [0, 0.1) is 5.92 Å². The van der Waals surface area contributed by atoms with Crippen LogP contribution in [0.15, 0.2) is 0 Å². The molecule has 25 heavy (non-hydrogen) atoms. The number of ether oxygens (including phenoxy) is 1. The van der Waals surface area contributed by atoms with Gasteiger partial charge in [-0.25, -0.2) is 0 Å². The molecule has 1 saturated heterocycles. The van der Waals surface area contributed by atoms with Crippen molar-refractivity contribution in [3.05, 3.63) is 0 Å². The number of esters is 2. The number of cyclic esters (lactones) is 2.